The largest absolute Gasteiger partial charge is 0.301 e. The third-order valence-corrected chi connectivity index (χ3v) is 3.70. The van der Waals surface area contributed by atoms with Gasteiger partial charge in [-0.05, 0) is 30.5 Å². The Hall–Kier alpha value is -2.19. The Morgan fingerprint density at radius 2 is 2.15 bits per heavy atom. The van der Waals surface area contributed by atoms with Gasteiger partial charge in [0.2, 0.25) is 11.8 Å². The van der Waals surface area contributed by atoms with Gasteiger partial charge in [0.25, 0.3) is 0 Å². The van der Waals surface area contributed by atoms with Gasteiger partial charge < -0.3 is 5.32 Å². The van der Waals surface area contributed by atoms with E-state index >= 15 is 0 Å². The molecule has 0 aromatic heterocycles. The molecule has 102 valence electrons. The topological polar surface area (TPSA) is 73.2 Å². The lowest BCUT2D eigenvalue weighted by Crippen LogP contribution is -2.39. The number of nitrogens with zero attached hydrogens (tertiary/aromatic N) is 2. The minimum atomic E-state index is -0.422. The fraction of sp³-hybridized carbons (Fsp3) is 0.400. The van der Waals surface area contributed by atoms with Crippen LogP contribution in [0.1, 0.15) is 30.4 Å². The maximum atomic E-state index is 12.1. The highest BCUT2D eigenvalue weighted by Gasteiger charge is 2.45. The predicted octanol–water partition coefficient (Wildman–Crippen LogP) is 0.938. The molecule has 1 aliphatic heterocycles. The first-order valence-electron chi connectivity index (χ1n) is 6.77. The van der Waals surface area contributed by atoms with Crippen molar-refractivity contribution in [2.45, 2.75) is 37.9 Å². The van der Waals surface area contributed by atoms with Crippen molar-refractivity contribution in [2.24, 2.45) is 0 Å². The van der Waals surface area contributed by atoms with Gasteiger partial charge in [-0.2, -0.15) is 5.26 Å². The van der Waals surface area contributed by atoms with E-state index in [0.29, 0.717) is 12.1 Å². The van der Waals surface area contributed by atoms with Crippen molar-refractivity contribution >= 4 is 11.8 Å². The molecule has 20 heavy (non-hydrogen) atoms. The fourth-order valence-electron chi connectivity index (χ4n) is 2.52. The first kappa shape index (κ1) is 12.8. The predicted molar refractivity (Wildman–Crippen MR) is 71.3 cm³/mol. The third-order valence-electron chi connectivity index (χ3n) is 3.70. The molecule has 1 aromatic carbocycles. The Balaban J connectivity index is 1.62. The molecule has 1 atom stereocenters. The monoisotopic (exact) mass is 269 g/mol. The minimum absolute atomic E-state index is 0.0687. The lowest BCUT2D eigenvalue weighted by molar-refractivity contribution is -0.139. The summed E-state index contributed by atoms with van der Waals surface area (Å²) in [5.41, 5.74) is 1.53. The maximum absolute atomic E-state index is 12.1. The molecule has 3 rings (SSSR count). The highest BCUT2D eigenvalue weighted by molar-refractivity contribution is 6.06. The van der Waals surface area contributed by atoms with Crippen LogP contribution < -0.4 is 5.32 Å². The van der Waals surface area contributed by atoms with E-state index in [1.807, 2.05) is 12.1 Å². The number of carbonyl (C=O) groups excluding carboxylic acids is 2. The second-order valence-electron chi connectivity index (χ2n) is 5.28. The van der Waals surface area contributed by atoms with Crippen LogP contribution in [0.3, 0.4) is 0 Å². The molecule has 5 nitrogen and oxygen atoms in total. The van der Waals surface area contributed by atoms with E-state index in [9.17, 15) is 9.59 Å². The van der Waals surface area contributed by atoms with Gasteiger partial charge in [-0.1, -0.05) is 12.1 Å². The summed E-state index contributed by atoms with van der Waals surface area (Å²) in [7, 11) is 0. The van der Waals surface area contributed by atoms with Crippen molar-refractivity contribution in [3.05, 3.63) is 35.4 Å². The number of carbonyl (C=O) groups is 2. The van der Waals surface area contributed by atoms with Crippen molar-refractivity contribution < 1.29 is 9.59 Å². The first-order valence-corrected chi connectivity index (χ1v) is 6.77. The van der Waals surface area contributed by atoms with Crippen LogP contribution in [0.25, 0.3) is 0 Å². The summed E-state index contributed by atoms with van der Waals surface area (Å²) in [6.45, 7) is 0.484. The number of amides is 2. The SMILES string of the molecule is N#Cc1cccc(CNC2CC(=O)N(C3CC3)C2=O)c1. The number of likely N-dealkylation sites (tertiary alicyclic amines) is 1. The van der Waals surface area contributed by atoms with Gasteiger partial charge in [0.15, 0.2) is 0 Å². The summed E-state index contributed by atoms with van der Waals surface area (Å²) >= 11 is 0. The molecule has 1 N–H and O–H groups in total. The van der Waals surface area contributed by atoms with Crippen LogP contribution in [0.4, 0.5) is 0 Å². The van der Waals surface area contributed by atoms with Crippen LogP contribution in [0, 0.1) is 11.3 Å². The van der Waals surface area contributed by atoms with Crippen molar-refractivity contribution in [1.82, 2.24) is 10.2 Å². The van der Waals surface area contributed by atoms with E-state index < -0.39 is 6.04 Å². The summed E-state index contributed by atoms with van der Waals surface area (Å²) in [6, 6.07) is 9.04. The standard InChI is InChI=1S/C15H15N3O2/c16-8-10-2-1-3-11(6-10)9-17-13-7-14(19)18(15(13)20)12-4-5-12/h1-3,6,12-13,17H,4-5,7,9H2. The third kappa shape index (κ3) is 2.43. The van der Waals surface area contributed by atoms with Crippen LogP contribution in [-0.2, 0) is 16.1 Å². The van der Waals surface area contributed by atoms with E-state index in [1.54, 1.807) is 12.1 Å². The van der Waals surface area contributed by atoms with Gasteiger partial charge in [0.1, 0.15) is 0 Å². The van der Waals surface area contributed by atoms with Gasteiger partial charge in [0, 0.05) is 12.6 Å². The molecule has 0 bridgehead atoms. The zero-order valence-corrected chi connectivity index (χ0v) is 11.0. The van der Waals surface area contributed by atoms with Crippen molar-refractivity contribution in [1.29, 1.82) is 5.26 Å². The van der Waals surface area contributed by atoms with Crippen molar-refractivity contribution in [3.8, 4) is 6.07 Å². The Morgan fingerprint density at radius 1 is 1.35 bits per heavy atom. The number of rotatable bonds is 4. The lowest BCUT2D eigenvalue weighted by atomic mass is 10.1. The Bertz CT molecular complexity index is 601. The number of nitrogens with one attached hydrogen (secondary N) is 1. The number of benzene rings is 1. The molecule has 1 saturated heterocycles. The molecule has 0 spiro atoms. The summed E-state index contributed by atoms with van der Waals surface area (Å²) in [6.07, 6.45) is 2.12. The minimum Gasteiger partial charge on any atom is -0.301 e. The molecule has 1 heterocycles. The molecule has 5 heteroatoms. The van der Waals surface area contributed by atoms with E-state index in [-0.39, 0.29) is 24.3 Å². The number of hydrogen-bond acceptors (Lipinski definition) is 4. The molecule has 2 amide bonds. The quantitative estimate of drug-likeness (QED) is 0.825. The molecule has 1 aliphatic carbocycles. The Labute approximate surface area is 117 Å². The van der Waals surface area contributed by atoms with Gasteiger partial charge in [-0.25, -0.2) is 0 Å². The first-order chi connectivity index (χ1) is 9.69. The summed E-state index contributed by atoms with van der Waals surface area (Å²) in [5, 5.41) is 12.0. The second kappa shape index (κ2) is 5.06. The molecule has 1 aromatic rings. The molecule has 2 fully saturated rings. The maximum Gasteiger partial charge on any atom is 0.247 e. The van der Waals surface area contributed by atoms with Gasteiger partial charge >= 0.3 is 0 Å². The molecule has 2 aliphatic rings. The molecular weight excluding hydrogens is 254 g/mol. The summed E-state index contributed by atoms with van der Waals surface area (Å²) in [5.74, 6) is -0.172. The number of hydrogen-bond donors (Lipinski definition) is 1. The van der Waals surface area contributed by atoms with Crippen LogP contribution in [0.5, 0.6) is 0 Å². The van der Waals surface area contributed by atoms with E-state index in [0.717, 1.165) is 18.4 Å². The molecule has 0 radical (unpaired) electrons. The van der Waals surface area contributed by atoms with Gasteiger partial charge in [-0.3, -0.25) is 14.5 Å². The van der Waals surface area contributed by atoms with Crippen LogP contribution in [0.2, 0.25) is 0 Å². The van der Waals surface area contributed by atoms with Crippen LogP contribution >= 0.6 is 0 Å². The fourth-order valence-corrected chi connectivity index (χ4v) is 2.52. The second-order valence-corrected chi connectivity index (χ2v) is 5.28. The van der Waals surface area contributed by atoms with Gasteiger partial charge in [-0.15, -0.1) is 0 Å². The number of nitriles is 1. The lowest BCUT2D eigenvalue weighted by Gasteiger charge is -2.14. The zero-order valence-electron chi connectivity index (χ0n) is 11.0. The Morgan fingerprint density at radius 3 is 2.85 bits per heavy atom. The van der Waals surface area contributed by atoms with Crippen molar-refractivity contribution in [2.75, 3.05) is 0 Å². The van der Waals surface area contributed by atoms with Gasteiger partial charge in [0.05, 0.1) is 24.1 Å². The summed E-state index contributed by atoms with van der Waals surface area (Å²) < 4.78 is 0. The van der Waals surface area contributed by atoms with E-state index in [4.69, 9.17) is 5.26 Å². The summed E-state index contributed by atoms with van der Waals surface area (Å²) in [4.78, 5) is 25.4. The van der Waals surface area contributed by atoms with Crippen molar-refractivity contribution in [3.63, 3.8) is 0 Å². The highest BCUT2D eigenvalue weighted by atomic mass is 16.2. The number of imide groups is 1. The van der Waals surface area contributed by atoms with Crippen LogP contribution in [-0.4, -0.2) is 28.8 Å². The normalized spacial score (nSPS) is 22.1. The van der Waals surface area contributed by atoms with E-state index in [1.165, 1.54) is 4.90 Å². The zero-order chi connectivity index (χ0) is 14.1. The smallest absolute Gasteiger partial charge is 0.247 e. The highest BCUT2D eigenvalue weighted by Crippen LogP contribution is 2.31. The molecular formula is C15H15N3O2. The molecule has 1 unspecified atom stereocenters. The average molecular weight is 269 g/mol. The average Bonchev–Trinajstić information content (AvgIpc) is 3.24. The van der Waals surface area contributed by atoms with E-state index in [2.05, 4.69) is 11.4 Å². The van der Waals surface area contributed by atoms with Crippen LogP contribution in [0.15, 0.2) is 24.3 Å². The molecule has 1 saturated carbocycles. The Kier molecular flexibility index (Phi) is 3.25.